The van der Waals surface area contributed by atoms with Gasteiger partial charge >= 0.3 is 0 Å². The molecule has 1 heterocycles. The largest absolute Gasteiger partial charge is 0.409 e. The third-order valence-electron chi connectivity index (χ3n) is 2.28. The maximum absolute atomic E-state index is 11.9. The summed E-state index contributed by atoms with van der Waals surface area (Å²) in [6.07, 6.45) is 0. The summed E-state index contributed by atoms with van der Waals surface area (Å²) >= 11 is 1.41. The smallest absolute Gasteiger partial charge is 0.273 e. The molecule has 1 atom stereocenters. The van der Waals surface area contributed by atoms with Crippen LogP contribution in [0.2, 0.25) is 0 Å². The van der Waals surface area contributed by atoms with Crippen molar-refractivity contribution in [3.63, 3.8) is 0 Å². The minimum Gasteiger partial charge on any atom is -0.409 e. The maximum atomic E-state index is 11.9. The van der Waals surface area contributed by atoms with Crippen molar-refractivity contribution in [1.82, 2.24) is 9.88 Å². The fraction of sp³-hybridized carbons (Fsp3) is 0.444. The van der Waals surface area contributed by atoms with E-state index in [0.29, 0.717) is 5.69 Å². The molecule has 0 aliphatic carbocycles. The molecule has 0 bridgehead atoms. The standard InChI is InChI=1S/C9H14N4O2S/c1-5(8(10)12-15)13(3)9(14)7-4-16-6(2)11-7/h4-5,15H,1-3H3,(H2,10,12). The summed E-state index contributed by atoms with van der Waals surface area (Å²) in [6.45, 7) is 3.50. The summed E-state index contributed by atoms with van der Waals surface area (Å²) in [5, 5.41) is 13.9. The molecule has 0 spiro atoms. The van der Waals surface area contributed by atoms with E-state index in [2.05, 4.69) is 10.1 Å². The number of amides is 1. The van der Waals surface area contributed by atoms with Crippen LogP contribution in [0, 0.1) is 6.92 Å². The Labute approximate surface area is 97.4 Å². The SMILES string of the molecule is Cc1nc(C(=O)N(C)C(C)C(N)=NO)cs1. The van der Waals surface area contributed by atoms with Crippen molar-refractivity contribution in [3.05, 3.63) is 16.1 Å². The van der Waals surface area contributed by atoms with Gasteiger partial charge in [0.25, 0.3) is 5.91 Å². The van der Waals surface area contributed by atoms with E-state index in [1.165, 1.54) is 16.2 Å². The first-order valence-corrected chi connectivity index (χ1v) is 5.52. The fourth-order valence-electron chi connectivity index (χ4n) is 1.10. The number of nitrogens with zero attached hydrogens (tertiary/aromatic N) is 3. The van der Waals surface area contributed by atoms with Crippen LogP contribution in [0.25, 0.3) is 0 Å². The Kier molecular flexibility index (Phi) is 3.83. The first-order chi connectivity index (χ1) is 7.47. The van der Waals surface area contributed by atoms with Crippen LogP contribution in [-0.2, 0) is 0 Å². The first-order valence-electron chi connectivity index (χ1n) is 4.64. The molecule has 88 valence electrons. The number of oxime groups is 1. The van der Waals surface area contributed by atoms with E-state index in [1.807, 2.05) is 6.92 Å². The van der Waals surface area contributed by atoms with Crippen LogP contribution >= 0.6 is 11.3 Å². The number of hydrogen-bond acceptors (Lipinski definition) is 5. The number of aryl methyl sites for hydroxylation is 1. The van der Waals surface area contributed by atoms with Gasteiger partial charge in [-0.3, -0.25) is 4.79 Å². The van der Waals surface area contributed by atoms with E-state index < -0.39 is 6.04 Å². The van der Waals surface area contributed by atoms with Gasteiger partial charge in [0.2, 0.25) is 0 Å². The van der Waals surface area contributed by atoms with Crippen molar-refractivity contribution in [3.8, 4) is 0 Å². The number of likely N-dealkylation sites (N-methyl/N-ethyl adjacent to an activating group) is 1. The molecule has 0 aliphatic rings. The van der Waals surface area contributed by atoms with E-state index >= 15 is 0 Å². The molecule has 1 amide bonds. The van der Waals surface area contributed by atoms with Gasteiger partial charge < -0.3 is 15.8 Å². The van der Waals surface area contributed by atoms with Crippen LogP contribution in [0.15, 0.2) is 10.5 Å². The Bertz CT molecular complexity index is 415. The molecule has 0 fully saturated rings. The van der Waals surface area contributed by atoms with Crippen molar-refractivity contribution in [2.24, 2.45) is 10.9 Å². The summed E-state index contributed by atoms with van der Waals surface area (Å²) in [4.78, 5) is 17.4. The quantitative estimate of drug-likeness (QED) is 0.352. The molecular formula is C9H14N4O2S. The predicted octanol–water partition coefficient (Wildman–Crippen LogP) is 0.658. The highest BCUT2D eigenvalue weighted by Crippen LogP contribution is 2.11. The summed E-state index contributed by atoms with van der Waals surface area (Å²) in [5.74, 6) is -0.258. The number of amidine groups is 1. The zero-order valence-corrected chi connectivity index (χ0v) is 10.2. The Balaban J connectivity index is 2.82. The van der Waals surface area contributed by atoms with E-state index in [9.17, 15) is 4.79 Å². The lowest BCUT2D eigenvalue weighted by Crippen LogP contribution is -2.43. The minimum atomic E-state index is -0.473. The molecule has 0 radical (unpaired) electrons. The van der Waals surface area contributed by atoms with Gasteiger partial charge in [-0.05, 0) is 13.8 Å². The van der Waals surface area contributed by atoms with Crippen molar-refractivity contribution >= 4 is 23.1 Å². The number of rotatable bonds is 3. The minimum absolute atomic E-state index is 0.0113. The van der Waals surface area contributed by atoms with Crippen molar-refractivity contribution in [2.45, 2.75) is 19.9 Å². The average molecular weight is 242 g/mol. The molecule has 0 saturated heterocycles. The number of carbonyl (C=O) groups excluding carboxylic acids is 1. The van der Waals surface area contributed by atoms with E-state index in [0.717, 1.165) is 5.01 Å². The second-order valence-electron chi connectivity index (χ2n) is 3.37. The highest BCUT2D eigenvalue weighted by Gasteiger charge is 2.22. The highest BCUT2D eigenvalue weighted by atomic mass is 32.1. The van der Waals surface area contributed by atoms with E-state index in [4.69, 9.17) is 10.9 Å². The van der Waals surface area contributed by atoms with E-state index in [-0.39, 0.29) is 11.7 Å². The summed E-state index contributed by atoms with van der Waals surface area (Å²) in [5.41, 5.74) is 5.80. The number of aromatic nitrogens is 1. The second kappa shape index (κ2) is 4.93. The van der Waals surface area contributed by atoms with Crippen LogP contribution in [0.4, 0.5) is 0 Å². The molecule has 3 N–H and O–H groups in total. The molecule has 16 heavy (non-hydrogen) atoms. The average Bonchev–Trinajstić information content (AvgIpc) is 2.71. The van der Waals surface area contributed by atoms with Gasteiger partial charge in [-0.25, -0.2) is 4.98 Å². The fourth-order valence-corrected chi connectivity index (χ4v) is 1.69. The van der Waals surface area contributed by atoms with Gasteiger partial charge in [0.15, 0.2) is 5.84 Å². The Morgan fingerprint density at radius 3 is 2.81 bits per heavy atom. The summed E-state index contributed by atoms with van der Waals surface area (Å²) in [7, 11) is 1.58. The lowest BCUT2D eigenvalue weighted by molar-refractivity contribution is 0.0771. The van der Waals surface area contributed by atoms with Gasteiger partial charge in [-0.15, -0.1) is 11.3 Å². The Morgan fingerprint density at radius 1 is 1.75 bits per heavy atom. The third-order valence-corrected chi connectivity index (χ3v) is 3.06. The zero-order chi connectivity index (χ0) is 12.3. The van der Waals surface area contributed by atoms with Crippen molar-refractivity contribution in [2.75, 3.05) is 7.05 Å². The molecule has 7 heteroatoms. The second-order valence-corrected chi connectivity index (χ2v) is 4.43. The van der Waals surface area contributed by atoms with Gasteiger partial charge in [-0.1, -0.05) is 5.16 Å². The normalized spacial score (nSPS) is 13.6. The molecule has 0 aliphatic heterocycles. The zero-order valence-electron chi connectivity index (χ0n) is 9.34. The van der Waals surface area contributed by atoms with E-state index in [1.54, 1.807) is 19.4 Å². The topological polar surface area (TPSA) is 91.8 Å². The van der Waals surface area contributed by atoms with Crippen LogP contribution in [-0.4, -0.2) is 39.9 Å². The Morgan fingerprint density at radius 2 is 2.38 bits per heavy atom. The van der Waals surface area contributed by atoms with Crippen LogP contribution in [0.1, 0.15) is 22.4 Å². The third kappa shape index (κ3) is 2.48. The number of nitrogens with two attached hydrogens (primary N) is 1. The van der Waals surface area contributed by atoms with Crippen molar-refractivity contribution in [1.29, 1.82) is 0 Å². The van der Waals surface area contributed by atoms with Crippen LogP contribution < -0.4 is 5.73 Å². The lowest BCUT2D eigenvalue weighted by Gasteiger charge is -2.22. The van der Waals surface area contributed by atoms with Gasteiger partial charge in [-0.2, -0.15) is 0 Å². The Hall–Kier alpha value is -1.63. The molecule has 0 saturated carbocycles. The number of hydrogen-bond donors (Lipinski definition) is 2. The summed E-state index contributed by atoms with van der Waals surface area (Å²) in [6, 6.07) is -0.473. The van der Waals surface area contributed by atoms with Gasteiger partial charge in [0.05, 0.1) is 11.0 Å². The molecule has 1 aromatic rings. The van der Waals surface area contributed by atoms with Crippen LogP contribution in [0.3, 0.4) is 0 Å². The predicted molar refractivity (Wildman–Crippen MR) is 61.8 cm³/mol. The molecule has 6 nitrogen and oxygen atoms in total. The monoisotopic (exact) mass is 242 g/mol. The number of thiazole rings is 1. The van der Waals surface area contributed by atoms with Crippen LogP contribution in [0.5, 0.6) is 0 Å². The van der Waals surface area contributed by atoms with Gasteiger partial charge in [0, 0.05) is 12.4 Å². The highest BCUT2D eigenvalue weighted by molar-refractivity contribution is 7.09. The summed E-state index contributed by atoms with van der Waals surface area (Å²) < 4.78 is 0. The lowest BCUT2D eigenvalue weighted by atomic mass is 10.2. The van der Waals surface area contributed by atoms with Gasteiger partial charge in [0.1, 0.15) is 5.69 Å². The van der Waals surface area contributed by atoms with Crippen molar-refractivity contribution < 1.29 is 10.0 Å². The maximum Gasteiger partial charge on any atom is 0.273 e. The molecule has 0 aromatic carbocycles. The molecule has 1 unspecified atom stereocenters. The molecular weight excluding hydrogens is 228 g/mol. The number of carbonyl (C=O) groups is 1. The molecule has 1 aromatic heterocycles. The first kappa shape index (κ1) is 12.4. The molecule has 1 rings (SSSR count).